The van der Waals surface area contributed by atoms with Gasteiger partial charge in [-0.25, -0.2) is 0 Å². The van der Waals surface area contributed by atoms with Crippen LogP contribution in [0.2, 0.25) is 0 Å². The number of rotatable bonds is 6. The van der Waals surface area contributed by atoms with Gasteiger partial charge in [-0.15, -0.1) is 0 Å². The molecule has 3 aromatic rings. The van der Waals surface area contributed by atoms with E-state index >= 15 is 0 Å². The second-order valence-corrected chi connectivity index (χ2v) is 9.28. The molecule has 0 N–H and O–H groups in total. The zero-order valence-electron chi connectivity index (χ0n) is 16.4. The van der Waals surface area contributed by atoms with Gasteiger partial charge in [0.15, 0.2) is 0 Å². The Morgan fingerprint density at radius 3 is 1.46 bits per heavy atom. The SMILES string of the molecule is COc1cccc(OC)c1C(=O)P(=O)(c1ccc(C)cc1)c1ccc(C)cc1. The molecule has 28 heavy (non-hydrogen) atoms. The lowest BCUT2D eigenvalue weighted by Gasteiger charge is -2.21. The highest BCUT2D eigenvalue weighted by atomic mass is 31.2. The van der Waals surface area contributed by atoms with Crippen molar-refractivity contribution in [3.8, 4) is 11.5 Å². The van der Waals surface area contributed by atoms with E-state index < -0.39 is 12.7 Å². The summed E-state index contributed by atoms with van der Waals surface area (Å²) in [5.41, 5.74) is 1.74. The van der Waals surface area contributed by atoms with Gasteiger partial charge in [-0.3, -0.25) is 4.79 Å². The fraction of sp³-hybridized carbons (Fsp3) is 0.174. The number of carbonyl (C=O) groups excluding carboxylic acids is 1. The van der Waals surface area contributed by atoms with Gasteiger partial charge in [0.25, 0.3) is 0 Å². The van der Waals surface area contributed by atoms with Crippen LogP contribution in [0.3, 0.4) is 0 Å². The van der Waals surface area contributed by atoms with Gasteiger partial charge in [-0.2, -0.15) is 0 Å². The zero-order chi connectivity index (χ0) is 20.3. The molecule has 0 aliphatic heterocycles. The molecule has 0 bridgehead atoms. The molecule has 0 spiro atoms. The van der Waals surface area contributed by atoms with Gasteiger partial charge in [-0.05, 0) is 26.0 Å². The maximum absolute atomic E-state index is 14.4. The van der Waals surface area contributed by atoms with Crippen LogP contribution in [0, 0.1) is 13.8 Å². The maximum Gasteiger partial charge on any atom is 0.237 e. The van der Waals surface area contributed by atoms with Crippen molar-refractivity contribution in [3.05, 3.63) is 83.4 Å². The number of benzene rings is 3. The van der Waals surface area contributed by atoms with Crippen LogP contribution in [0.5, 0.6) is 11.5 Å². The van der Waals surface area contributed by atoms with Crippen molar-refractivity contribution in [2.75, 3.05) is 14.2 Å². The van der Waals surface area contributed by atoms with Crippen LogP contribution in [0.1, 0.15) is 21.5 Å². The summed E-state index contributed by atoms with van der Waals surface area (Å²) in [5.74, 6) is 0.674. The normalized spacial score (nSPS) is 11.1. The molecule has 5 heteroatoms. The van der Waals surface area contributed by atoms with E-state index in [2.05, 4.69) is 0 Å². The first kappa shape index (κ1) is 19.9. The van der Waals surface area contributed by atoms with Gasteiger partial charge in [-0.1, -0.05) is 65.7 Å². The molecule has 0 fully saturated rings. The molecule has 0 aliphatic carbocycles. The molecule has 144 valence electrons. The van der Waals surface area contributed by atoms with Crippen molar-refractivity contribution >= 4 is 23.3 Å². The van der Waals surface area contributed by atoms with Crippen LogP contribution >= 0.6 is 7.14 Å². The van der Waals surface area contributed by atoms with Crippen molar-refractivity contribution < 1.29 is 18.8 Å². The highest BCUT2D eigenvalue weighted by Gasteiger charge is 2.39. The summed E-state index contributed by atoms with van der Waals surface area (Å²) in [7, 11) is -0.695. The van der Waals surface area contributed by atoms with Crippen LogP contribution in [-0.4, -0.2) is 19.7 Å². The number of methoxy groups -OCH3 is 2. The van der Waals surface area contributed by atoms with E-state index in [-0.39, 0.29) is 5.56 Å². The third-order valence-corrected chi connectivity index (χ3v) is 7.57. The van der Waals surface area contributed by atoms with E-state index in [1.807, 2.05) is 38.1 Å². The lowest BCUT2D eigenvalue weighted by molar-refractivity contribution is 0.107. The number of carbonyl (C=O) groups is 1. The monoisotopic (exact) mass is 394 g/mol. The topological polar surface area (TPSA) is 52.6 Å². The highest BCUT2D eigenvalue weighted by molar-refractivity contribution is 7.93. The van der Waals surface area contributed by atoms with Crippen LogP contribution in [0.4, 0.5) is 0 Å². The maximum atomic E-state index is 14.4. The van der Waals surface area contributed by atoms with E-state index in [9.17, 15) is 9.36 Å². The van der Waals surface area contributed by atoms with Crippen LogP contribution in [0.15, 0.2) is 66.7 Å². The molecule has 0 saturated carbocycles. The van der Waals surface area contributed by atoms with E-state index in [1.165, 1.54) is 14.2 Å². The Bertz CT molecular complexity index is 965. The smallest absolute Gasteiger partial charge is 0.237 e. The van der Waals surface area contributed by atoms with Gasteiger partial charge < -0.3 is 14.0 Å². The minimum atomic E-state index is -3.66. The van der Waals surface area contributed by atoms with E-state index in [4.69, 9.17) is 9.47 Å². The Labute approximate surface area is 165 Å². The summed E-state index contributed by atoms with van der Waals surface area (Å²) in [6, 6.07) is 19.6. The summed E-state index contributed by atoms with van der Waals surface area (Å²) in [6.45, 7) is 3.90. The fourth-order valence-corrected chi connectivity index (χ4v) is 5.55. The first-order chi connectivity index (χ1) is 13.4. The number of ether oxygens (including phenoxy) is 2. The lowest BCUT2D eigenvalue weighted by Crippen LogP contribution is -2.23. The Morgan fingerprint density at radius 2 is 1.11 bits per heavy atom. The van der Waals surface area contributed by atoms with Crippen LogP contribution in [-0.2, 0) is 4.57 Å². The van der Waals surface area contributed by atoms with Crippen molar-refractivity contribution in [1.29, 1.82) is 0 Å². The number of hydrogen-bond acceptors (Lipinski definition) is 4. The molecule has 0 atom stereocenters. The molecule has 0 saturated heterocycles. The summed E-state index contributed by atoms with van der Waals surface area (Å²) >= 11 is 0. The molecule has 0 unspecified atom stereocenters. The number of hydrogen-bond donors (Lipinski definition) is 0. The van der Waals surface area contributed by atoms with E-state index in [1.54, 1.807) is 42.5 Å². The van der Waals surface area contributed by atoms with Gasteiger partial charge in [0.1, 0.15) is 17.1 Å². The zero-order valence-corrected chi connectivity index (χ0v) is 17.3. The Kier molecular flexibility index (Phi) is 5.71. The largest absolute Gasteiger partial charge is 0.496 e. The quantitative estimate of drug-likeness (QED) is 0.579. The van der Waals surface area contributed by atoms with Crippen molar-refractivity contribution in [2.45, 2.75) is 13.8 Å². The molecular weight excluding hydrogens is 371 g/mol. The Morgan fingerprint density at radius 1 is 0.714 bits per heavy atom. The fourth-order valence-electron chi connectivity index (χ4n) is 3.11. The third kappa shape index (κ3) is 3.48. The second-order valence-electron chi connectivity index (χ2n) is 6.62. The first-order valence-corrected chi connectivity index (χ1v) is 10.6. The lowest BCUT2D eigenvalue weighted by atomic mass is 10.2. The van der Waals surface area contributed by atoms with Crippen molar-refractivity contribution in [1.82, 2.24) is 0 Å². The summed E-state index contributed by atoms with van der Waals surface area (Å²) in [4.78, 5) is 13.8. The van der Waals surface area contributed by atoms with Gasteiger partial charge >= 0.3 is 0 Å². The minimum absolute atomic E-state index is 0.192. The minimum Gasteiger partial charge on any atom is -0.496 e. The molecular formula is C23H23O4P. The Balaban J connectivity index is 2.29. The molecule has 3 aromatic carbocycles. The third-order valence-electron chi connectivity index (χ3n) is 4.72. The molecule has 0 aliphatic rings. The second kappa shape index (κ2) is 8.04. The van der Waals surface area contributed by atoms with E-state index in [0.29, 0.717) is 22.1 Å². The number of aryl methyl sites for hydroxylation is 2. The predicted octanol–water partition coefficient (Wildman–Crippen LogP) is 4.47. The van der Waals surface area contributed by atoms with Crippen molar-refractivity contribution in [3.63, 3.8) is 0 Å². The highest BCUT2D eigenvalue weighted by Crippen LogP contribution is 2.50. The Hall–Kier alpha value is -2.84. The van der Waals surface area contributed by atoms with E-state index in [0.717, 1.165) is 11.1 Å². The van der Waals surface area contributed by atoms with Crippen LogP contribution < -0.4 is 20.1 Å². The molecule has 0 heterocycles. The summed E-state index contributed by atoms with van der Waals surface area (Å²) < 4.78 is 25.2. The van der Waals surface area contributed by atoms with Crippen molar-refractivity contribution in [2.24, 2.45) is 0 Å². The molecule has 0 radical (unpaired) electrons. The molecule has 0 amide bonds. The average Bonchev–Trinajstić information content (AvgIpc) is 2.73. The molecule has 0 aromatic heterocycles. The molecule has 4 nitrogen and oxygen atoms in total. The van der Waals surface area contributed by atoms with Gasteiger partial charge in [0.05, 0.1) is 14.2 Å². The van der Waals surface area contributed by atoms with Crippen LogP contribution in [0.25, 0.3) is 0 Å². The molecule has 3 rings (SSSR count). The van der Waals surface area contributed by atoms with Gasteiger partial charge in [0, 0.05) is 10.6 Å². The summed E-state index contributed by atoms with van der Waals surface area (Å²) in [5, 5.41) is 0.972. The average molecular weight is 394 g/mol. The predicted molar refractivity (Wildman–Crippen MR) is 113 cm³/mol. The van der Waals surface area contributed by atoms with Gasteiger partial charge in [0.2, 0.25) is 12.7 Å². The standard InChI is InChI=1S/C23H23O4P/c1-16-8-12-18(13-9-16)28(25,19-14-10-17(2)11-15-19)23(24)22-20(26-3)6-5-7-21(22)27-4/h5-15H,1-4H3. The summed E-state index contributed by atoms with van der Waals surface area (Å²) in [6.07, 6.45) is 0. The first-order valence-electron chi connectivity index (χ1n) is 8.92.